The molecule has 0 unspecified atom stereocenters. The van der Waals surface area contributed by atoms with Gasteiger partial charge in [0.2, 0.25) is 11.9 Å². The fraction of sp³-hybridized carbons (Fsp3) is 0.643. The third-order valence-corrected chi connectivity index (χ3v) is 6.13. The van der Waals surface area contributed by atoms with Crippen molar-refractivity contribution in [2.75, 3.05) is 35.4 Å². The predicted octanol–water partition coefficient (Wildman–Crippen LogP) is 0.628. The largest absolute Gasteiger partial charge is 0.361 e. The molecular weight excluding hydrogens is 365 g/mol. The number of anilines is 3. The van der Waals surface area contributed by atoms with Gasteiger partial charge in [-0.15, -0.1) is 0 Å². The summed E-state index contributed by atoms with van der Waals surface area (Å²) in [5.74, 6) is 0.00434. The van der Waals surface area contributed by atoms with E-state index in [-0.39, 0.29) is 43.5 Å². The van der Waals surface area contributed by atoms with Gasteiger partial charge in [-0.05, 0) is 12.8 Å². The fourth-order valence-corrected chi connectivity index (χ4v) is 3.89. The number of nitrogens with one attached hydrogen (secondary N) is 3. The van der Waals surface area contributed by atoms with Crippen molar-refractivity contribution in [2.45, 2.75) is 39.0 Å². The Bertz CT molecular complexity index is 772. The van der Waals surface area contributed by atoms with Crippen LogP contribution in [0.25, 0.3) is 0 Å². The van der Waals surface area contributed by atoms with Crippen LogP contribution in [-0.2, 0) is 14.1 Å². The second kappa shape index (κ2) is 7.75. The first-order valence-electron chi connectivity index (χ1n) is 8.24. The first-order valence-corrected chi connectivity index (χ1v) is 9.85. The Morgan fingerprint density at radius 3 is 2.62 bits per heavy atom. The molecule has 146 valence electrons. The maximum absolute atomic E-state index is 12.0. The number of nitrogens with zero attached hydrogens (tertiary/aromatic N) is 2. The summed E-state index contributed by atoms with van der Waals surface area (Å²) in [4.78, 5) is 50.8. The molecule has 5 N–H and O–H groups in total. The normalized spacial score (nSPS) is 14.1. The van der Waals surface area contributed by atoms with Gasteiger partial charge in [-0.1, -0.05) is 13.8 Å². The van der Waals surface area contributed by atoms with E-state index in [2.05, 4.69) is 20.6 Å². The standard InChI is InChI=1S/C14H24N5O6P/c1-4-14(5-2,26(22,23)24)25-7-6-19-8-15-10-11(19)17-13(16-9(3)20)18-12(10)21/h15H,4-8H2,1-3H3,(H2,22,23,24)(H2,16,17,18,20,21). The molecule has 1 aliphatic heterocycles. The van der Waals surface area contributed by atoms with Crippen LogP contribution >= 0.6 is 7.60 Å². The Morgan fingerprint density at radius 1 is 1.42 bits per heavy atom. The quantitative estimate of drug-likeness (QED) is 0.402. The lowest BCUT2D eigenvalue weighted by Gasteiger charge is -2.33. The molecule has 0 fully saturated rings. The van der Waals surface area contributed by atoms with Crippen LogP contribution in [0.5, 0.6) is 0 Å². The number of fused-ring (bicyclic) bond motifs is 1. The van der Waals surface area contributed by atoms with Gasteiger partial charge < -0.3 is 24.7 Å². The van der Waals surface area contributed by atoms with Crippen molar-refractivity contribution in [3.8, 4) is 0 Å². The molecule has 0 saturated heterocycles. The third kappa shape index (κ3) is 4.07. The maximum Gasteiger partial charge on any atom is 0.357 e. The van der Waals surface area contributed by atoms with E-state index in [1.165, 1.54) is 6.92 Å². The molecule has 26 heavy (non-hydrogen) atoms. The van der Waals surface area contributed by atoms with Gasteiger partial charge in [0.15, 0.2) is 11.2 Å². The van der Waals surface area contributed by atoms with Crippen molar-refractivity contribution < 1.29 is 23.9 Å². The minimum absolute atomic E-state index is 0.0301. The molecule has 1 amide bonds. The molecule has 0 radical (unpaired) electrons. The molecule has 11 nitrogen and oxygen atoms in total. The molecular formula is C14H24N5O6P. The Hall–Kier alpha value is -1.94. The molecule has 0 atom stereocenters. The highest BCUT2D eigenvalue weighted by molar-refractivity contribution is 7.53. The summed E-state index contributed by atoms with van der Waals surface area (Å²) in [5.41, 5.74) is -0.153. The molecule has 2 rings (SSSR count). The van der Waals surface area contributed by atoms with E-state index in [1.807, 2.05) is 0 Å². The fourth-order valence-electron chi connectivity index (χ4n) is 2.81. The minimum atomic E-state index is -4.44. The molecule has 2 heterocycles. The summed E-state index contributed by atoms with van der Waals surface area (Å²) >= 11 is 0. The lowest BCUT2D eigenvalue weighted by Crippen LogP contribution is -2.35. The monoisotopic (exact) mass is 389 g/mol. The van der Waals surface area contributed by atoms with Crippen LogP contribution < -0.4 is 21.1 Å². The zero-order valence-electron chi connectivity index (χ0n) is 14.9. The van der Waals surface area contributed by atoms with E-state index in [1.54, 1.807) is 18.7 Å². The van der Waals surface area contributed by atoms with Gasteiger partial charge in [0, 0.05) is 13.5 Å². The Labute approximate surface area is 150 Å². The molecule has 0 aromatic carbocycles. The lowest BCUT2D eigenvalue weighted by molar-refractivity contribution is -0.114. The first kappa shape index (κ1) is 20.4. The molecule has 1 aliphatic rings. The molecule has 1 aromatic heterocycles. The van der Waals surface area contributed by atoms with E-state index in [9.17, 15) is 23.9 Å². The molecule has 0 saturated carbocycles. The topological polar surface area (TPSA) is 157 Å². The molecule has 0 bridgehead atoms. The summed E-state index contributed by atoms with van der Waals surface area (Å²) in [5, 5.41) is 3.80. The second-order valence-electron chi connectivity index (χ2n) is 5.94. The van der Waals surface area contributed by atoms with Crippen LogP contribution in [0.1, 0.15) is 33.6 Å². The number of hydrogen-bond donors (Lipinski definition) is 5. The SMILES string of the molecule is CCC(CC)(OCCN1CNc2c1nc(NC(C)=O)[nH]c2=O)P(=O)(O)O. The van der Waals surface area contributed by atoms with Crippen LogP contribution in [-0.4, -0.2) is 50.8 Å². The summed E-state index contributed by atoms with van der Waals surface area (Å²) in [6, 6.07) is 0. The number of ether oxygens (including phenoxy) is 1. The van der Waals surface area contributed by atoms with E-state index in [4.69, 9.17) is 4.74 Å². The van der Waals surface area contributed by atoms with Crippen LogP contribution in [0, 0.1) is 0 Å². The van der Waals surface area contributed by atoms with Crippen LogP contribution in [0.4, 0.5) is 17.5 Å². The van der Waals surface area contributed by atoms with E-state index in [0.29, 0.717) is 12.5 Å². The smallest absolute Gasteiger partial charge is 0.357 e. The zero-order chi connectivity index (χ0) is 19.5. The van der Waals surface area contributed by atoms with Crippen molar-refractivity contribution in [1.29, 1.82) is 0 Å². The van der Waals surface area contributed by atoms with Crippen molar-refractivity contribution in [2.24, 2.45) is 0 Å². The highest BCUT2D eigenvalue weighted by Crippen LogP contribution is 2.55. The van der Waals surface area contributed by atoms with E-state index in [0.717, 1.165) is 0 Å². The van der Waals surface area contributed by atoms with Gasteiger partial charge in [0.25, 0.3) is 5.56 Å². The number of aromatic nitrogens is 2. The maximum atomic E-state index is 12.0. The van der Waals surface area contributed by atoms with Gasteiger partial charge >= 0.3 is 7.60 Å². The molecule has 0 aliphatic carbocycles. The highest BCUT2D eigenvalue weighted by atomic mass is 31.2. The molecule has 0 spiro atoms. The van der Waals surface area contributed by atoms with Crippen LogP contribution in [0.3, 0.4) is 0 Å². The number of carbonyl (C=O) groups excluding carboxylic acids is 1. The minimum Gasteiger partial charge on any atom is -0.361 e. The summed E-state index contributed by atoms with van der Waals surface area (Å²) < 4.78 is 17.4. The predicted molar refractivity (Wildman–Crippen MR) is 96.3 cm³/mol. The molecule has 12 heteroatoms. The molecule has 1 aromatic rings. The Morgan fingerprint density at radius 2 is 2.08 bits per heavy atom. The third-order valence-electron chi connectivity index (χ3n) is 4.31. The average molecular weight is 389 g/mol. The number of amides is 1. The number of H-pyrrole nitrogens is 1. The van der Waals surface area contributed by atoms with E-state index < -0.39 is 18.5 Å². The van der Waals surface area contributed by atoms with Gasteiger partial charge in [-0.25, -0.2) is 0 Å². The number of rotatable bonds is 8. The summed E-state index contributed by atoms with van der Waals surface area (Å²) in [6.45, 7) is 5.22. The van der Waals surface area contributed by atoms with Gasteiger partial charge in [-0.3, -0.25) is 24.5 Å². The summed E-state index contributed by atoms with van der Waals surface area (Å²) in [6.07, 6.45) is 0.348. The van der Waals surface area contributed by atoms with Gasteiger partial charge in [-0.2, -0.15) is 4.98 Å². The summed E-state index contributed by atoms with van der Waals surface area (Å²) in [7, 11) is -4.44. The van der Waals surface area contributed by atoms with E-state index >= 15 is 0 Å². The van der Waals surface area contributed by atoms with Crippen LogP contribution in [0.2, 0.25) is 0 Å². The Balaban J connectivity index is 2.12. The number of carbonyl (C=O) groups is 1. The van der Waals surface area contributed by atoms with Crippen molar-refractivity contribution >= 4 is 31.0 Å². The second-order valence-corrected chi connectivity index (χ2v) is 7.84. The number of hydrogen-bond acceptors (Lipinski definition) is 7. The average Bonchev–Trinajstić information content (AvgIpc) is 2.93. The van der Waals surface area contributed by atoms with Crippen molar-refractivity contribution in [3.63, 3.8) is 0 Å². The van der Waals surface area contributed by atoms with Gasteiger partial charge in [0.1, 0.15) is 5.69 Å². The number of aromatic amines is 1. The Kier molecular flexibility index (Phi) is 6.07. The first-order chi connectivity index (χ1) is 12.1. The highest BCUT2D eigenvalue weighted by Gasteiger charge is 2.45. The lowest BCUT2D eigenvalue weighted by atomic mass is 10.2. The van der Waals surface area contributed by atoms with Crippen molar-refractivity contribution in [3.05, 3.63) is 10.4 Å². The van der Waals surface area contributed by atoms with Crippen molar-refractivity contribution in [1.82, 2.24) is 9.97 Å². The van der Waals surface area contributed by atoms with Crippen LogP contribution in [0.15, 0.2) is 4.79 Å². The zero-order valence-corrected chi connectivity index (χ0v) is 15.8. The van der Waals surface area contributed by atoms with Gasteiger partial charge in [0.05, 0.1) is 13.3 Å².